The number of fused-ring (bicyclic) bond motifs is 2. The van der Waals surface area contributed by atoms with Crippen molar-refractivity contribution in [3.63, 3.8) is 0 Å². The van der Waals surface area contributed by atoms with Crippen LogP contribution in [0.25, 0.3) is 16.3 Å². The molecule has 1 aliphatic heterocycles. The smallest absolute Gasteiger partial charge is 0.271 e. The number of carbonyl (C=O) groups is 1. The van der Waals surface area contributed by atoms with Gasteiger partial charge in [0.15, 0.2) is 0 Å². The van der Waals surface area contributed by atoms with Gasteiger partial charge in [-0.05, 0) is 79.4 Å². The minimum atomic E-state index is -0.217. The molecule has 1 N–H and O–H groups in total. The van der Waals surface area contributed by atoms with Gasteiger partial charge in [-0.3, -0.25) is 4.79 Å². The van der Waals surface area contributed by atoms with Crippen LogP contribution in [-0.2, 0) is 0 Å². The van der Waals surface area contributed by atoms with Gasteiger partial charge in [0.1, 0.15) is 0 Å². The summed E-state index contributed by atoms with van der Waals surface area (Å²) < 4.78 is 0. The summed E-state index contributed by atoms with van der Waals surface area (Å²) in [6.07, 6.45) is 4.01. The van der Waals surface area contributed by atoms with Crippen molar-refractivity contribution in [2.45, 2.75) is 33.2 Å². The summed E-state index contributed by atoms with van der Waals surface area (Å²) in [6, 6.07) is 18.0. The van der Waals surface area contributed by atoms with Crippen LogP contribution in [0.15, 0.2) is 65.8 Å². The zero-order chi connectivity index (χ0) is 21.5. The number of hydrogen-bond donors (Lipinski definition) is 1. The Morgan fingerprint density at radius 1 is 1.03 bits per heavy atom. The van der Waals surface area contributed by atoms with Gasteiger partial charge >= 0.3 is 0 Å². The maximum atomic E-state index is 12.5. The number of hydrazone groups is 1. The lowest BCUT2D eigenvalue weighted by Gasteiger charge is -2.41. The van der Waals surface area contributed by atoms with Gasteiger partial charge in [0.25, 0.3) is 5.91 Å². The van der Waals surface area contributed by atoms with Gasteiger partial charge in [-0.2, -0.15) is 5.10 Å². The largest absolute Gasteiger partial charge is 0.365 e. The number of anilines is 1. The van der Waals surface area contributed by atoms with E-state index < -0.39 is 0 Å². The highest BCUT2D eigenvalue weighted by molar-refractivity contribution is 5.99. The number of benzene rings is 3. The average molecular weight is 398 g/mol. The van der Waals surface area contributed by atoms with Crippen LogP contribution in [0.5, 0.6) is 0 Å². The molecular weight excluding hydrogens is 370 g/mol. The molecule has 0 fully saturated rings. The first-order chi connectivity index (χ1) is 14.3. The molecule has 4 nitrogen and oxygen atoms in total. The molecule has 4 heteroatoms. The molecule has 1 aliphatic rings. The maximum Gasteiger partial charge on any atom is 0.271 e. The number of nitrogens with zero attached hydrogens (tertiary/aromatic N) is 2. The molecular formula is C26H27N3O. The van der Waals surface area contributed by atoms with Gasteiger partial charge in [0, 0.05) is 23.9 Å². The zero-order valence-electron chi connectivity index (χ0n) is 18.2. The minimum Gasteiger partial charge on any atom is -0.365 e. The molecule has 30 heavy (non-hydrogen) atoms. The molecule has 0 spiro atoms. The van der Waals surface area contributed by atoms with E-state index in [1.807, 2.05) is 42.5 Å². The van der Waals surface area contributed by atoms with Gasteiger partial charge < -0.3 is 4.90 Å². The van der Waals surface area contributed by atoms with Crippen molar-refractivity contribution >= 4 is 34.2 Å². The Balaban J connectivity index is 1.55. The number of nitrogens with one attached hydrogen (secondary N) is 1. The molecule has 4 rings (SSSR count). The van der Waals surface area contributed by atoms with Crippen LogP contribution < -0.4 is 10.3 Å². The SMILES string of the molecule is CC1=CC(C)(C)N(C)c2cc(C)c(/C=N\NC(=O)c3ccc4ccccc4c3)cc21. The van der Waals surface area contributed by atoms with Crippen LogP contribution in [0, 0.1) is 6.92 Å². The molecule has 3 aromatic rings. The molecule has 3 aromatic carbocycles. The van der Waals surface area contributed by atoms with Gasteiger partial charge in [-0.25, -0.2) is 5.43 Å². The van der Waals surface area contributed by atoms with Gasteiger partial charge in [0.2, 0.25) is 0 Å². The van der Waals surface area contributed by atoms with E-state index >= 15 is 0 Å². The minimum absolute atomic E-state index is 0.0209. The summed E-state index contributed by atoms with van der Waals surface area (Å²) in [5.74, 6) is -0.217. The van der Waals surface area contributed by atoms with Gasteiger partial charge in [-0.15, -0.1) is 0 Å². The van der Waals surface area contributed by atoms with Crippen LogP contribution in [-0.4, -0.2) is 24.7 Å². The van der Waals surface area contributed by atoms with E-state index in [1.165, 1.54) is 16.8 Å². The zero-order valence-corrected chi connectivity index (χ0v) is 18.2. The van der Waals surface area contributed by atoms with Crippen molar-refractivity contribution in [3.05, 3.63) is 82.9 Å². The molecule has 1 amide bonds. The summed E-state index contributed by atoms with van der Waals surface area (Å²) in [7, 11) is 2.12. The van der Waals surface area contributed by atoms with Crippen molar-refractivity contribution in [2.24, 2.45) is 5.10 Å². The standard InChI is InChI=1S/C26H27N3O/c1-17-12-24-23(18(2)15-26(3,4)29(24)5)14-22(17)16-27-28-25(30)21-11-10-19-8-6-7-9-20(19)13-21/h6-16H,1-5H3,(H,28,30)/b27-16-. The first kappa shape index (κ1) is 19.9. The quantitative estimate of drug-likeness (QED) is 0.466. The summed E-state index contributed by atoms with van der Waals surface area (Å²) >= 11 is 0. The maximum absolute atomic E-state index is 12.5. The summed E-state index contributed by atoms with van der Waals surface area (Å²) in [6.45, 7) is 8.64. The van der Waals surface area contributed by atoms with Crippen LogP contribution >= 0.6 is 0 Å². The number of amides is 1. The van der Waals surface area contributed by atoms with Gasteiger partial charge in [0.05, 0.1) is 11.8 Å². The molecule has 0 saturated heterocycles. The highest BCUT2D eigenvalue weighted by Gasteiger charge is 2.28. The summed E-state index contributed by atoms with van der Waals surface area (Å²) in [4.78, 5) is 14.8. The molecule has 1 heterocycles. The molecule has 0 aromatic heterocycles. The summed E-state index contributed by atoms with van der Waals surface area (Å²) in [5.41, 5.74) is 9.01. The predicted molar refractivity (Wildman–Crippen MR) is 126 cm³/mol. The van der Waals surface area contributed by atoms with Crippen LogP contribution in [0.1, 0.15) is 47.8 Å². The Labute approximate surface area is 177 Å². The van der Waals surface area contributed by atoms with E-state index in [2.05, 4.69) is 68.4 Å². The highest BCUT2D eigenvalue weighted by Crippen LogP contribution is 2.38. The number of rotatable bonds is 3. The Hall–Kier alpha value is -3.40. The Bertz CT molecular complexity index is 1200. The monoisotopic (exact) mass is 397 g/mol. The van der Waals surface area contributed by atoms with Crippen molar-refractivity contribution in [1.29, 1.82) is 0 Å². The number of likely N-dealkylation sites (N-methyl/N-ethyl adjacent to an activating group) is 1. The van der Waals surface area contributed by atoms with E-state index in [0.717, 1.165) is 21.9 Å². The van der Waals surface area contributed by atoms with Crippen molar-refractivity contribution in [2.75, 3.05) is 11.9 Å². The second kappa shape index (κ2) is 7.45. The van der Waals surface area contributed by atoms with Crippen LogP contribution in [0.2, 0.25) is 0 Å². The fourth-order valence-corrected chi connectivity index (χ4v) is 4.01. The normalized spacial score (nSPS) is 15.2. The third-order valence-electron chi connectivity index (χ3n) is 5.99. The molecule has 0 radical (unpaired) electrons. The first-order valence-corrected chi connectivity index (χ1v) is 10.2. The summed E-state index contributed by atoms with van der Waals surface area (Å²) in [5, 5.41) is 6.37. The fourth-order valence-electron chi connectivity index (χ4n) is 4.01. The second-order valence-corrected chi connectivity index (χ2v) is 8.53. The lowest BCUT2D eigenvalue weighted by atomic mass is 9.87. The molecule has 152 valence electrons. The number of aryl methyl sites for hydroxylation is 1. The molecule has 0 saturated carbocycles. The molecule has 0 atom stereocenters. The molecule has 0 unspecified atom stereocenters. The van der Waals surface area contributed by atoms with E-state index in [-0.39, 0.29) is 11.4 Å². The topological polar surface area (TPSA) is 44.7 Å². The predicted octanol–water partition coefficient (Wildman–Crippen LogP) is 5.54. The van der Waals surface area contributed by atoms with Crippen molar-refractivity contribution < 1.29 is 4.79 Å². The van der Waals surface area contributed by atoms with E-state index in [9.17, 15) is 4.79 Å². The van der Waals surface area contributed by atoms with Crippen molar-refractivity contribution in [3.8, 4) is 0 Å². The fraction of sp³-hybridized carbons (Fsp3) is 0.231. The Morgan fingerprint density at radius 3 is 2.53 bits per heavy atom. The average Bonchev–Trinajstić information content (AvgIpc) is 2.72. The number of carbonyl (C=O) groups excluding carboxylic acids is 1. The lowest BCUT2D eigenvalue weighted by Crippen LogP contribution is -2.42. The Morgan fingerprint density at radius 2 is 1.77 bits per heavy atom. The number of allylic oxidation sites excluding steroid dienone is 1. The van der Waals surface area contributed by atoms with Crippen LogP contribution in [0.3, 0.4) is 0 Å². The van der Waals surface area contributed by atoms with E-state index in [1.54, 1.807) is 6.21 Å². The third-order valence-corrected chi connectivity index (χ3v) is 5.99. The molecule has 0 aliphatic carbocycles. The highest BCUT2D eigenvalue weighted by atomic mass is 16.2. The first-order valence-electron chi connectivity index (χ1n) is 10.2. The lowest BCUT2D eigenvalue weighted by molar-refractivity contribution is 0.0955. The second-order valence-electron chi connectivity index (χ2n) is 8.53. The van der Waals surface area contributed by atoms with E-state index in [0.29, 0.717) is 5.56 Å². The molecule has 0 bridgehead atoms. The van der Waals surface area contributed by atoms with Gasteiger partial charge in [-0.1, -0.05) is 36.4 Å². The van der Waals surface area contributed by atoms with Crippen LogP contribution in [0.4, 0.5) is 5.69 Å². The number of hydrogen-bond acceptors (Lipinski definition) is 3. The third kappa shape index (κ3) is 3.61. The van der Waals surface area contributed by atoms with E-state index in [4.69, 9.17) is 0 Å². The van der Waals surface area contributed by atoms with Crippen molar-refractivity contribution in [1.82, 2.24) is 5.43 Å². The Kier molecular flexibility index (Phi) is 4.94.